The van der Waals surface area contributed by atoms with Gasteiger partial charge in [-0.1, -0.05) is 12.1 Å². The first-order chi connectivity index (χ1) is 24.2. The Morgan fingerprint density at radius 3 is 2.13 bits per heavy atom. The number of aromatic nitrogens is 3. The van der Waals surface area contributed by atoms with Crippen molar-refractivity contribution in [3.8, 4) is 22.2 Å². The Hall–Kier alpha value is -4.54. The van der Waals surface area contributed by atoms with E-state index in [0.717, 1.165) is 10.6 Å². The third-order valence-corrected chi connectivity index (χ3v) is 10.8. The van der Waals surface area contributed by atoms with Gasteiger partial charge in [-0.25, -0.2) is 4.98 Å². The van der Waals surface area contributed by atoms with Crippen LogP contribution in [-0.4, -0.2) is 74.5 Å². The number of alkyl halides is 6. The maximum Gasteiger partial charge on any atom is 0.536 e. The topological polar surface area (TPSA) is 148 Å². The molecule has 1 saturated heterocycles. The van der Waals surface area contributed by atoms with Crippen molar-refractivity contribution in [2.45, 2.75) is 43.6 Å². The summed E-state index contributed by atoms with van der Waals surface area (Å²) in [5, 5.41) is -0.393. The molecule has 52 heavy (non-hydrogen) atoms. The zero-order chi connectivity index (χ0) is 38.0. The van der Waals surface area contributed by atoms with Crippen LogP contribution in [0.3, 0.4) is 0 Å². The monoisotopic (exact) mass is 796 g/mol. The molecule has 2 atom stereocenters. The number of rotatable bonds is 9. The van der Waals surface area contributed by atoms with Crippen LogP contribution in [0.25, 0.3) is 32.0 Å². The molecule has 4 heterocycles. The van der Waals surface area contributed by atoms with E-state index >= 15 is 0 Å². The number of benzene rings is 2. The zero-order valence-electron chi connectivity index (χ0n) is 26.9. The Labute approximate surface area is 294 Å². The lowest BCUT2D eigenvalue weighted by atomic mass is 10.2. The van der Waals surface area contributed by atoms with Crippen molar-refractivity contribution in [2.75, 3.05) is 25.1 Å². The van der Waals surface area contributed by atoms with Gasteiger partial charge in [0.25, 0.3) is 5.56 Å². The molecule has 0 saturated carbocycles. The highest BCUT2D eigenvalue weighted by molar-refractivity contribution is 7.88. The first-order valence-electron chi connectivity index (χ1n) is 14.9. The molecule has 0 bridgehead atoms. The maximum atomic E-state index is 13.7. The number of methoxy groups -OCH3 is 1. The Bertz CT molecular complexity index is 2430. The maximum absolute atomic E-state index is 13.7. The summed E-state index contributed by atoms with van der Waals surface area (Å²) in [5.41, 5.74) is -12.1. The zero-order valence-corrected chi connectivity index (χ0v) is 29.4. The normalized spacial score (nSPS) is 17.5. The third-order valence-electron chi connectivity index (χ3n) is 7.78. The Morgan fingerprint density at radius 2 is 1.54 bits per heavy atom. The highest BCUT2D eigenvalue weighted by Gasteiger charge is 2.50. The van der Waals surface area contributed by atoms with Crippen LogP contribution in [-0.2, 0) is 31.5 Å². The lowest BCUT2D eigenvalue weighted by Gasteiger charge is -2.36. The van der Waals surface area contributed by atoms with Crippen molar-refractivity contribution in [3.63, 3.8) is 0 Å². The van der Waals surface area contributed by atoms with Gasteiger partial charge in [0.15, 0.2) is 11.6 Å². The second kappa shape index (κ2) is 13.1. The Morgan fingerprint density at radius 1 is 0.904 bits per heavy atom. The van der Waals surface area contributed by atoms with Gasteiger partial charge in [0.2, 0.25) is 0 Å². The van der Waals surface area contributed by atoms with E-state index in [1.54, 1.807) is 30.3 Å². The van der Waals surface area contributed by atoms with Crippen LogP contribution < -0.4 is 23.7 Å². The lowest BCUT2D eigenvalue weighted by Crippen LogP contribution is -2.45. The number of hydrogen-bond acceptors (Lipinski definition) is 12. The van der Waals surface area contributed by atoms with Gasteiger partial charge >= 0.3 is 31.3 Å². The van der Waals surface area contributed by atoms with Crippen LogP contribution in [0.15, 0.2) is 59.4 Å². The van der Waals surface area contributed by atoms with E-state index in [2.05, 4.69) is 13.5 Å². The van der Waals surface area contributed by atoms with E-state index in [1.807, 2.05) is 18.7 Å². The SMILES string of the molecule is COc1ccc(Cn2c(=O)cc(OS(=O)(=O)C(F)(F)F)c3cc(-c4nc5ccc(N6C[C@@H](C)O[C@@H](C)C6)cc5n4OS(=O)(=O)C(F)(F)F)sc32)cc1. The molecule has 5 aromatic rings. The molecule has 0 N–H and O–H groups in total. The molecule has 22 heteroatoms. The fourth-order valence-electron chi connectivity index (χ4n) is 5.53. The summed E-state index contributed by atoms with van der Waals surface area (Å²) in [4.78, 5) is 19.0. The van der Waals surface area contributed by atoms with E-state index in [9.17, 15) is 48.0 Å². The average molecular weight is 797 g/mol. The molecule has 2 aromatic carbocycles. The molecule has 13 nitrogen and oxygen atoms in total. The van der Waals surface area contributed by atoms with Gasteiger partial charge in [0.05, 0.1) is 41.6 Å². The number of morpholine rings is 1. The first-order valence-corrected chi connectivity index (χ1v) is 18.6. The average Bonchev–Trinajstić information content (AvgIpc) is 3.63. The predicted octanol–water partition coefficient (Wildman–Crippen LogP) is 5.26. The molecule has 0 radical (unpaired) electrons. The highest BCUT2D eigenvalue weighted by Crippen LogP contribution is 2.40. The van der Waals surface area contributed by atoms with Crippen molar-refractivity contribution < 1.29 is 61.1 Å². The quantitative estimate of drug-likeness (QED) is 0.109. The van der Waals surface area contributed by atoms with Gasteiger partial charge < -0.3 is 18.6 Å². The number of nitrogens with zero attached hydrogens (tertiary/aromatic N) is 4. The second-order valence-corrected chi connectivity index (χ2v) is 15.7. The molecular formula is C30H26F6N4O9S3. The smallest absolute Gasteiger partial charge is 0.497 e. The van der Waals surface area contributed by atoms with Crippen LogP contribution in [0.2, 0.25) is 0 Å². The number of anilines is 1. The van der Waals surface area contributed by atoms with E-state index in [4.69, 9.17) is 9.47 Å². The second-order valence-electron chi connectivity index (χ2n) is 11.6. The largest absolute Gasteiger partial charge is 0.536 e. The van der Waals surface area contributed by atoms with Crippen LogP contribution in [0.1, 0.15) is 19.4 Å². The number of fused-ring (bicyclic) bond motifs is 2. The Balaban J connectivity index is 1.58. The summed E-state index contributed by atoms with van der Waals surface area (Å²) in [5.74, 6) is -1.15. The van der Waals surface area contributed by atoms with E-state index in [-0.39, 0.29) is 39.5 Å². The number of ether oxygens (including phenoxy) is 2. The molecule has 0 aliphatic carbocycles. The number of thiophene rings is 1. The summed E-state index contributed by atoms with van der Waals surface area (Å²) in [7, 11) is -11.2. The summed E-state index contributed by atoms with van der Waals surface area (Å²) >= 11 is 0.577. The predicted molar refractivity (Wildman–Crippen MR) is 176 cm³/mol. The van der Waals surface area contributed by atoms with Crippen molar-refractivity contribution in [1.29, 1.82) is 0 Å². The van der Waals surface area contributed by atoms with Crippen LogP contribution in [0.4, 0.5) is 32.0 Å². The molecule has 0 spiro atoms. The molecule has 1 fully saturated rings. The minimum atomic E-state index is -6.34. The number of pyridine rings is 1. The standard InChI is InChI=1S/C30H26F6N4O9S3/c1-16-13-38(14-17(2)47-16)19-6-9-22-23(10-19)40(49-52(44,45)30(34,35)36)27(37-22)25-11-21-24(48-51(42,43)29(31,32)33)12-26(41)39(28(21)50-25)15-18-4-7-20(46-3)8-5-18/h4-12,16-17H,13-15H2,1-3H3/t16-,17+. The molecule has 1 aliphatic rings. The number of halogens is 6. The fraction of sp³-hybridized carbons (Fsp3) is 0.333. The van der Waals surface area contributed by atoms with Crippen LogP contribution >= 0.6 is 11.3 Å². The van der Waals surface area contributed by atoms with E-state index in [0.29, 0.717) is 52.2 Å². The number of hydrogen-bond donors (Lipinski definition) is 0. The fourth-order valence-corrected chi connectivity index (χ4v) is 7.57. The van der Waals surface area contributed by atoms with Gasteiger partial charge in [-0.3, -0.25) is 13.6 Å². The van der Waals surface area contributed by atoms with Crippen molar-refractivity contribution in [3.05, 3.63) is 70.5 Å². The van der Waals surface area contributed by atoms with Crippen LogP contribution in [0.5, 0.6) is 11.5 Å². The third kappa shape index (κ3) is 7.11. The van der Waals surface area contributed by atoms with Gasteiger partial charge in [0.1, 0.15) is 16.1 Å². The van der Waals surface area contributed by atoms with Gasteiger partial charge in [0, 0.05) is 24.8 Å². The van der Waals surface area contributed by atoms with E-state index in [1.165, 1.54) is 19.2 Å². The first kappa shape index (κ1) is 37.2. The molecule has 1 aliphatic heterocycles. The summed E-state index contributed by atoms with van der Waals surface area (Å²) in [6, 6.07) is 12.1. The van der Waals surface area contributed by atoms with E-state index < -0.39 is 53.8 Å². The van der Waals surface area contributed by atoms with Crippen molar-refractivity contribution >= 4 is 58.5 Å². The molecule has 0 amide bonds. The molecule has 6 rings (SSSR count). The molecule has 0 unspecified atom stereocenters. The minimum absolute atomic E-state index is 0.0466. The van der Waals surface area contributed by atoms with Gasteiger partial charge in [-0.2, -0.15) is 43.2 Å². The van der Waals surface area contributed by atoms with Gasteiger partial charge in [-0.15, -0.1) is 16.1 Å². The summed E-state index contributed by atoms with van der Waals surface area (Å²) in [6.07, 6.45) is -0.457. The highest BCUT2D eigenvalue weighted by atomic mass is 32.2. The van der Waals surface area contributed by atoms with Crippen molar-refractivity contribution in [1.82, 2.24) is 14.3 Å². The number of imidazole rings is 1. The van der Waals surface area contributed by atoms with Crippen LogP contribution in [0, 0.1) is 0 Å². The van der Waals surface area contributed by atoms with Gasteiger partial charge in [-0.05, 0) is 55.8 Å². The molecule has 280 valence electrons. The summed E-state index contributed by atoms with van der Waals surface area (Å²) in [6.45, 7) is 4.17. The molecule has 3 aromatic heterocycles. The molecular weight excluding hydrogens is 771 g/mol. The minimum Gasteiger partial charge on any atom is -0.497 e. The Kier molecular flexibility index (Phi) is 9.41. The summed E-state index contributed by atoms with van der Waals surface area (Å²) < 4.78 is 151. The lowest BCUT2D eigenvalue weighted by molar-refractivity contribution is -0.0543. The van der Waals surface area contributed by atoms with Crippen molar-refractivity contribution in [2.24, 2.45) is 0 Å².